The van der Waals surface area contributed by atoms with E-state index in [0.29, 0.717) is 6.42 Å². The van der Waals surface area contributed by atoms with Crippen molar-refractivity contribution < 1.29 is 4.79 Å². The molecule has 0 amide bonds. The molecular weight excluding hydrogens is 250 g/mol. The minimum atomic E-state index is 0.257. The second kappa shape index (κ2) is 5.90. The lowest BCUT2D eigenvalue weighted by molar-refractivity contribution is -0.108. The Kier molecular flexibility index (Phi) is 3.81. The molecule has 2 aliphatic heterocycles. The van der Waals surface area contributed by atoms with Gasteiger partial charge >= 0.3 is 0 Å². The Bertz CT molecular complexity index is 550. The van der Waals surface area contributed by atoms with Crippen LogP contribution in [0.25, 0.3) is 5.70 Å². The third-order valence-corrected chi connectivity index (χ3v) is 3.83. The molecule has 3 rings (SSSR count). The minimum absolute atomic E-state index is 0.257. The van der Waals surface area contributed by atoms with E-state index in [2.05, 4.69) is 27.9 Å². The van der Waals surface area contributed by atoms with E-state index in [9.17, 15) is 4.79 Å². The lowest BCUT2D eigenvalue weighted by Crippen LogP contribution is -2.38. The Labute approximate surface area is 119 Å². The summed E-state index contributed by atoms with van der Waals surface area (Å²) in [6, 6.07) is 8.41. The summed E-state index contributed by atoms with van der Waals surface area (Å²) in [5, 5.41) is 4.17. The van der Waals surface area contributed by atoms with Gasteiger partial charge in [-0.15, -0.1) is 0 Å². The third kappa shape index (κ3) is 2.46. The molecule has 0 aromatic heterocycles. The smallest absolute Gasteiger partial charge is 0.122 e. The van der Waals surface area contributed by atoms with E-state index >= 15 is 0 Å². The maximum Gasteiger partial charge on any atom is 0.122 e. The standard InChI is InChI=1S/C16H18N3O/c20-12-9-13-5-3-4-11-19(13)16-8-10-17-18-15-7-2-1-6-14(15)16/h1-3,6-8,10,12-13,18H,4-5,9,11H2. The van der Waals surface area contributed by atoms with Crippen molar-refractivity contribution in [2.45, 2.75) is 25.3 Å². The average Bonchev–Trinajstić information content (AvgIpc) is 2.71. The fraction of sp³-hybridized carbons (Fsp3) is 0.312. The number of allylic oxidation sites excluding steroid dienone is 1. The van der Waals surface area contributed by atoms with Crippen LogP contribution >= 0.6 is 0 Å². The second-order valence-corrected chi connectivity index (χ2v) is 5.05. The molecule has 2 aliphatic rings. The fourth-order valence-corrected chi connectivity index (χ4v) is 2.86. The quantitative estimate of drug-likeness (QED) is 0.857. The van der Waals surface area contributed by atoms with Crippen molar-refractivity contribution in [1.29, 1.82) is 0 Å². The summed E-state index contributed by atoms with van der Waals surface area (Å²) < 4.78 is 0. The molecule has 0 saturated carbocycles. The zero-order chi connectivity index (χ0) is 13.8. The monoisotopic (exact) mass is 268 g/mol. The van der Waals surface area contributed by atoms with Gasteiger partial charge in [-0.05, 0) is 31.4 Å². The highest BCUT2D eigenvalue weighted by Gasteiger charge is 2.26. The number of nitrogens with one attached hydrogen (secondary N) is 1. The number of benzene rings is 1. The lowest BCUT2D eigenvalue weighted by atomic mass is 9.96. The van der Waals surface area contributed by atoms with Crippen LogP contribution in [0.3, 0.4) is 0 Å². The normalized spacial score (nSPS) is 21.5. The number of rotatable bonds is 3. The van der Waals surface area contributed by atoms with Gasteiger partial charge in [-0.3, -0.25) is 5.43 Å². The van der Waals surface area contributed by atoms with E-state index in [0.717, 1.165) is 42.6 Å². The van der Waals surface area contributed by atoms with Crippen molar-refractivity contribution in [2.24, 2.45) is 5.10 Å². The molecule has 20 heavy (non-hydrogen) atoms. The van der Waals surface area contributed by atoms with E-state index in [1.165, 1.54) is 0 Å². The number of nitrogens with zero attached hydrogens (tertiary/aromatic N) is 2. The first-order valence-electron chi connectivity index (χ1n) is 7.01. The number of fused-ring (bicyclic) bond motifs is 1. The average molecular weight is 268 g/mol. The van der Waals surface area contributed by atoms with Crippen LogP contribution in [-0.4, -0.2) is 30.0 Å². The largest absolute Gasteiger partial charge is 0.368 e. The van der Waals surface area contributed by atoms with E-state index in [4.69, 9.17) is 0 Å². The number of para-hydroxylation sites is 1. The van der Waals surface area contributed by atoms with Crippen LogP contribution in [0.2, 0.25) is 0 Å². The number of carbonyl (C=O) groups excluding carboxylic acids is 1. The summed E-state index contributed by atoms with van der Waals surface area (Å²) in [5.74, 6) is 0. The molecule has 0 aliphatic carbocycles. The maximum absolute atomic E-state index is 10.9. The van der Waals surface area contributed by atoms with Crippen molar-refractivity contribution in [3.05, 3.63) is 42.3 Å². The van der Waals surface area contributed by atoms with Crippen LogP contribution in [0.4, 0.5) is 5.69 Å². The van der Waals surface area contributed by atoms with Crippen LogP contribution in [0, 0.1) is 6.42 Å². The van der Waals surface area contributed by atoms with Gasteiger partial charge in [-0.1, -0.05) is 18.2 Å². The Morgan fingerprint density at radius 3 is 3.20 bits per heavy atom. The first kappa shape index (κ1) is 12.9. The van der Waals surface area contributed by atoms with Gasteiger partial charge in [0, 0.05) is 36.5 Å². The maximum atomic E-state index is 10.9. The topological polar surface area (TPSA) is 44.7 Å². The fourth-order valence-electron chi connectivity index (χ4n) is 2.86. The van der Waals surface area contributed by atoms with Crippen LogP contribution < -0.4 is 5.43 Å². The van der Waals surface area contributed by atoms with Crippen molar-refractivity contribution in [2.75, 3.05) is 12.0 Å². The zero-order valence-electron chi connectivity index (χ0n) is 11.3. The molecule has 4 nitrogen and oxygen atoms in total. The molecule has 1 fully saturated rings. The second-order valence-electron chi connectivity index (χ2n) is 5.05. The highest BCUT2D eigenvalue weighted by Crippen LogP contribution is 2.33. The molecule has 1 aromatic rings. The Hall–Kier alpha value is -2.10. The molecule has 103 valence electrons. The number of anilines is 1. The van der Waals surface area contributed by atoms with Gasteiger partial charge in [0.05, 0.1) is 5.69 Å². The number of piperidine rings is 1. The number of likely N-dealkylation sites (tertiary alicyclic amines) is 1. The van der Waals surface area contributed by atoms with Gasteiger partial charge in [-0.25, -0.2) is 0 Å². The van der Waals surface area contributed by atoms with E-state index in [1.54, 1.807) is 6.21 Å². The van der Waals surface area contributed by atoms with Crippen molar-refractivity contribution in [3.63, 3.8) is 0 Å². The molecule has 2 heterocycles. The molecule has 1 aromatic carbocycles. The predicted molar refractivity (Wildman–Crippen MR) is 81.2 cm³/mol. The van der Waals surface area contributed by atoms with E-state index in [1.807, 2.05) is 24.3 Å². The van der Waals surface area contributed by atoms with Gasteiger partial charge in [0.15, 0.2) is 0 Å². The summed E-state index contributed by atoms with van der Waals surface area (Å²) in [4.78, 5) is 13.3. The highest BCUT2D eigenvalue weighted by molar-refractivity contribution is 5.89. The van der Waals surface area contributed by atoms with Crippen LogP contribution in [0.1, 0.15) is 24.8 Å². The Morgan fingerprint density at radius 2 is 2.30 bits per heavy atom. The Balaban J connectivity index is 1.97. The molecule has 1 radical (unpaired) electrons. The van der Waals surface area contributed by atoms with Crippen molar-refractivity contribution >= 4 is 23.9 Å². The zero-order valence-corrected chi connectivity index (χ0v) is 11.3. The van der Waals surface area contributed by atoms with Gasteiger partial charge in [0.25, 0.3) is 0 Å². The number of hydrogen-bond acceptors (Lipinski definition) is 4. The Morgan fingerprint density at radius 1 is 1.40 bits per heavy atom. The first-order valence-corrected chi connectivity index (χ1v) is 7.01. The van der Waals surface area contributed by atoms with Gasteiger partial charge in [-0.2, -0.15) is 5.10 Å². The molecule has 0 bridgehead atoms. The lowest BCUT2D eigenvalue weighted by Gasteiger charge is -2.38. The summed E-state index contributed by atoms with van der Waals surface area (Å²) in [6.45, 7) is 0.951. The summed E-state index contributed by atoms with van der Waals surface area (Å²) in [7, 11) is 0. The minimum Gasteiger partial charge on any atom is -0.368 e. The number of hydrazone groups is 1. The summed E-state index contributed by atoms with van der Waals surface area (Å²) in [6.07, 6.45) is 9.70. The molecule has 0 spiro atoms. The predicted octanol–water partition coefficient (Wildman–Crippen LogP) is 2.70. The third-order valence-electron chi connectivity index (χ3n) is 3.83. The SMILES string of the molecule is O=CCC1C[CH]CCN1C1=CC=NNc2ccccc21. The van der Waals surface area contributed by atoms with Gasteiger partial charge < -0.3 is 9.69 Å². The summed E-state index contributed by atoms with van der Waals surface area (Å²) in [5.41, 5.74) is 6.35. The van der Waals surface area contributed by atoms with Crippen LogP contribution in [-0.2, 0) is 4.79 Å². The molecular formula is C16H18N3O. The molecule has 4 heteroatoms. The number of carbonyl (C=O) groups is 1. The van der Waals surface area contributed by atoms with Gasteiger partial charge in [0.2, 0.25) is 0 Å². The number of hydrogen-bond donors (Lipinski definition) is 1. The van der Waals surface area contributed by atoms with E-state index in [-0.39, 0.29) is 6.04 Å². The molecule has 1 atom stereocenters. The first-order chi connectivity index (χ1) is 9.90. The highest BCUT2D eigenvalue weighted by atomic mass is 16.1. The molecule has 1 unspecified atom stereocenters. The van der Waals surface area contributed by atoms with E-state index < -0.39 is 0 Å². The molecule has 1 saturated heterocycles. The molecule has 1 N–H and O–H groups in total. The van der Waals surface area contributed by atoms with Crippen LogP contribution in [0.5, 0.6) is 0 Å². The van der Waals surface area contributed by atoms with Gasteiger partial charge in [0.1, 0.15) is 6.29 Å². The van der Waals surface area contributed by atoms with Crippen LogP contribution in [0.15, 0.2) is 35.4 Å². The number of aldehydes is 1. The van der Waals surface area contributed by atoms with Crippen molar-refractivity contribution in [1.82, 2.24) is 4.90 Å². The van der Waals surface area contributed by atoms with Crippen molar-refractivity contribution in [3.8, 4) is 0 Å². The summed E-state index contributed by atoms with van der Waals surface area (Å²) >= 11 is 0.